The van der Waals surface area contributed by atoms with Gasteiger partial charge in [-0.1, -0.05) is 87.9 Å². The normalized spacial score (nSPS) is 18.4. The number of aliphatic hydroxyl groups excluding tert-OH is 1. The molecular weight excluding hydrogens is 660 g/mol. The smallest absolute Gasteiger partial charge is 0.356 e. The molecule has 1 aromatic heterocycles. The van der Waals surface area contributed by atoms with E-state index in [1.807, 2.05) is 74.8 Å². The van der Waals surface area contributed by atoms with Crippen LogP contribution in [0.2, 0.25) is 0 Å². The van der Waals surface area contributed by atoms with Crippen LogP contribution in [0.5, 0.6) is 0 Å². The summed E-state index contributed by atoms with van der Waals surface area (Å²) in [7, 11) is 3.64. The lowest BCUT2D eigenvalue weighted by Gasteiger charge is -2.49. The Morgan fingerprint density at radius 3 is 2.30 bits per heavy atom. The lowest BCUT2D eigenvalue weighted by molar-refractivity contribution is -0.154. The van der Waals surface area contributed by atoms with Crippen LogP contribution in [0.3, 0.4) is 0 Å². The highest BCUT2D eigenvalue weighted by Crippen LogP contribution is 2.45. The van der Waals surface area contributed by atoms with Gasteiger partial charge in [-0.2, -0.15) is 0 Å². The molecule has 15 heteroatoms. The van der Waals surface area contributed by atoms with E-state index < -0.39 is 46.8 Å². The van der Waals surface area contributed by atoms with Crippen molar-refractivity contribution in [3.63, 3.8) is 0 Å². The molecule has 12 nitrogen and oxygen atoms in total. The second kappa shape index (κ2) is 13.1. The number of allylic oxidation sites excluding steroid dienone is 1. The molecule has 2 unspecified atom stereocenters. The number of ether oxygens (including phenoxy) is 1. The molecule has 0 radical (unpaired) electrons. The summed E-state index contributed by atoms with van der Waals surface area (Å²) in [5.41, 5.74) is 1.22. The molecular formula is C28H25BrN6O6S2. The number of nitrogens with zero attached hydrogens (tertiary/aromatic N) is 5. The van der Waals surface area contributed by atoms with Crippen molar-refractivity contribution < 1.29 is 24.2 Å². The summed E-state index contributed by atoms with van der Waals surface area (Å²) in [6.45, 7) is 0. The molecule has 2 aliphatic rings. The van der Waals surface area contributed by atoms with Crippen molar-refractivity contribution in [1.82, 2.24) is 20.4 Å². The number of rotatable bonds is 10. The quantitative estimate of drug-likeness (QED) is 0.0800. The van der Waals surface area contributed by atoms with Crippen LogP contribution in [0.4, 0.5) is 5.13 Å². The van der Waals surface area contributed by atoms with Gasteiger partial charge in [0.05, 0.1) is 5.33 Å². The summed E-state index contributed by atoms with van der Waals surface area (Å²) in [6.07, 6.45) is -0.770. The summed E-state index contributed by atoms with van der Waals surface area (Å²) in [6, 6.07) is 17.4. The van der Waals surface area contributed by atoms with Crippen LogP contribution in [-0.4, -0.2) is 74.6 Å². The fourth-order valence-electron chi connectivity index (χ4n) is 4.54. The summed E-state index contributed by atoms with van der Waals surface area (Å²) in [5.74, 6) is -2.65. The van der Waals surface area contributed by atoms with Gasteiger partial charge in [-0.05, 0) is 16.3 Å². The van der Waals surface area contributed by atoms with Crippen LogP contribution >= 0.6 is 39.0 Å². The number of nitroso groups, excluding NO2 is 1. The number of aliphatic hydroxyl groups is 1. The third kappa shape index (κ3) is 6.05. The van der Waals surface area contributed by atoms with Crippen LogP contribution in [0.1, 0.15) is 22.2 Å². The molecule has 2 aromatic carbocycles. The summed E-state index contributed by atoms with van der Waals surface area (Å²) in [5, 5.41) is 23.6. The number of benzene rings is 2. The van der Waals surface area contributed by atoms with Gasteiger partial charge in [-0.3, -0.25) is 14.5 Å². The predicted octanol–water partition coefficient (Wildman–Crippen LogP) is 3.98. The van der Waals surface area contributed by atoms with Gasteiger partial charge in [0, 0.05) is 25.4 Å². The van der Waals surface area contributed by atoms with Crippen LogP contribution < -0.4 is 10.2 Å². The number of nitrogens with one attached hydrogen (secondary N) is 1. The molecule has 1 saturated heterocycles. The number of fused-ring (bicyclic) bond motifs is 1. The Hall–Kier alpha value is -4.08. The lowest BCUT2D eigenvalue weighted by Crippen LogP contribution is -2.70. The van der Waals surface area contributed by atoms with Crippen molar-refractivity contribution in [2.75, 3.05) is 30.1 Å². The van der Waals surface area contributed by atoms with Crippen molar-refractivity contribution in [2.24, 2.45) is 5.18 Å². The van der Waals surface area contributed by atoms with Crippen molar-refractivity contribution in [3.05, 3.63) is 98.9 Å². The number of alkyl halides is 1. The Bertz CT molecular complexity index is 1570. The molecule has 2 aliphatic heterocycles. The molecule has 2 atom stereocenters. The summed E-state index contributed by atoms with van der Waals surface area (Å²) < 4.78 is 6.14. The van der Waals surface area contributed by atoms with Gasteiger partial charge in [0.1, 0.15) is 27.9 Å². The molecule has 3 heterocycles. The van der Waals surface area contributed by atoms with Gasteiger partial charge in [-0.25, -0.2) is 4.79 Å². The first-order valence-corrected chi connectivity index (χ1v) is 15.9. The van der Waals surface area contributed by atoms with Gasteiger partial charge in [0.15, 0.2) is 6.10 Å². The molecule has 0 aliphatic carbocycles. The van der Waals surface area contributed by atoms with Crippen LogP contribution in [0.15, 0.2) is 83.0 Å². The first-order valence-electron chi connectivity index (χ1n) is 12.9. The molecule has 222 valence electrons. The van der Waals surface area contributed by atoms with E-state index in [2.05, 4.69) is 36.6 Å². The Labute approximate surface area is 262 Å². The number of carbonyl (C=O) groups is 3. The molecule has 43 heavy (non-hydrogen) atoms. The third-order valence-electron chi connectivity index (χ3n) is 6.64. The number of aromatic nitrogens is 2. The van der Waals surface area contributed by atoms with Gasteiger partial charge in [0.2, 0.25) is 10.8 Å². The van der Waals surface area contributed by atoms with E-state index in [-0.39, 0.29) is 16.8 Å². The third-order valence-corrected chi connectivity index (χ3v) is 9.60. The number of halogens is 1. The number of β-lactam (4-membered cyclic amide) rings is 1. The predicted molar refractivity (Wildman–Crippen MR) is 166 cm³/mol. The zero-order chi connectivity index (χ0) is 30.7. The highest BCUT2D eigenvalue weighted by molar-refractivity contribution is 9.09. The Morgan fingerprint density at radius 2 is 1.77 bits per heavy atom. The van der Waals surface area contributed by atoms with E-state index in [1.165, 1.54) is 28.0 Å². The lowest BCUT2D eigenvalue weighted by atomic mass is 10.0. The molecule has 2 amide bonds. The van der Waals surface area contributed by atoms with Crippen molar-refractivity contribution in [3.8, 4) is 0 Å². The van der Waals surface area contributed by atoms with Crippen LogP contribution in [0, 0.1) is 4.91 Å². The molecule has 0 bridgehead atoms. The SMILES string of the molecule is CN(C)c1nnc(C2=C(C(=O)OC(c3ccccc3)c3ccccc3)N3C(=O)C(NC(=O)/C(N=O)=C(\O)CBr)C3SC2)s1. The zero-order valence-electron chi connectivity index (χ0n) is 22.8. The average Bonchev–Trinajstić information content (AvgIpc) is 3.53. The average molecular weight is 686 g/mol. The Morgan fingerprint density at radius 1 is 1.14 bits per heavy atom. The molecule has 1 fully saturated rings. The topological polar surface area (TPSA) is 154 Å². The monoisotopic (exact) mass is 684 g/mol. The van der Waals surface area contributed by atoms with E-state index in [9.17, 15) is 24.4 Å². The number of hydrogen-bond acceptors (Lipinski definition) is 12. The van der Waals surface area contributed by atoms with E-state index in [0.717, 1.165) is 11.1 Å². The number of anilines is 1. The Balaban J connectivity index is 1.51. The second-order valence-electron chi connectivity index (χ2n) is 9.60. The number of amides is 2. The van der Waals surface area contributed by atoms with Gasteiger partial charge in [0.25, 0.3) is 11.8 Å². The molecule has 0 saturated carbocycles. The fraction of sp³-hybridized carbons (Fsp3) is 0.250. The summed E-state index contributed by atoms with van der Waals surface area (Å²) >= 11 is 5.54. The minimum atomic E-state index is -1.08. The second-order valence-corrected chi connectivity index (χ2v) is 12.2. The molecule has 0 spiro atoms. The maximum atomic E-state index is 14.1. The van der Waals surface area contributed by atoms with Crippen LogP contribution in [0.25, 0.3) is 5.57 Å². The number of esters is 1. The van der Waals surface area contributed by atoms with Gasteiger partial charge >= 0.3 is 5.97 Å². The minimum absolute atomic E-state index is 0.00477. The molecule has 3 aromatic rings. The minimum Gasteiger partial charge on any atom is -0.509 e. The molecule has 2 N–H and O–H groups in total. The van der Waals surface area contributed by atoms with E-state index in [4.69, 9.17) is 4.74 Å². The number of hydrogen-bond donors (Lipinski definition) is 2. The highest BCUT2D eigenvalue weighted by atomic mass is 79.9. The fourth-order valence-corrected chi connectivity index (χ4v) is 7.05. The van der Waals surface area contributed by atoms with Crippen LogP contribution in [-0.2, 0) is 19.1 Å². The highest BCUT2D eigenvalue weighted by Gasteiger charge is 2.55. The van der Waals surface area contributed by atoms with Crippen molar-refractivity contribution in [1.29, 1.82) is 0 Å². The Kier molecular flexibility index (Phi) is 9.22. The standard InChI is InChI=1S/C28H25BrN6O6S2/c1-34(2)28-32-31-24(43-28)17-14-42-26-20(30-23(37)19(33-40)18(36)13-29)25(38)35(26)21(17)27(39)41-22(15-9-5-3-6-10-15)16-11-7-4-8-12-16/h3-12,20,22,26,36H,13-14H2,1-2H3,(H,30,37)/b19-18+. The van der Waals surface area contributed by atoms with E-state index >= 15 is 0 Å². The summed E-state index contributed by atoms with van der Waals surface area (Å²) in [4.78, 5) is 54.6. The van der Waals surface area contributed by atoms with Crippen molar-refractivity contribution >= 4 is 67.5 Å². The number of thioether (sulfide) groups is 1. The van der Waals surface area contributed by atoms with Gasteiger partial charge < -0.3 is 20.1 Å². The molecule has 5 rings (SSSR count). The first-order chi connectivity index (χ1) is 20.7. The zero-order valence-corrected chi connectivity index (χ0v) is 26.1. The maximum Gasteiger partial charge on any atom is 0.356 e. The maximum absolute atomic E-state index is 14.1. The van der Waals surface area contributed by atoms with Gasteiger partial charge in [-0.15, -0.1) is 26.9 Å². The van der Waals surface area contributed by atoms with E-state index in [0.29, 0.717) is 15.7 Å². The van der Waals surface area contributed by atoms with Crippen molar-refractivity contribution in [2.45, 2.75) is 17.5 Å². The first kappa shape index (κ1) is 30.4. The number of carbonyl (C=O) groups excluding carboxylic acids is 3. The largest absolute Gasteiger partial charge is 0.509 e. The van der Waals surface area contributed by atoms with E-state index in [1.54, 1.807) is 4.90 Å².